The molecule has 1 heteroatoms. The fourth-order valence-electron chi connectivity index (χ4n) is 2.15. The molecule has 2 rings (SSSR count). The zero-order valence-corrected chi connectivity index (χ0v) is 10.6. The van der Waals surface area contributed by atoms with Crippen molar-refractivity contribution in [1.82, 2.24) is 5.32 Å². The van der Waals surface area contributed by atoms with Crippen LogP contribution in [0.3, 0.4) is 0 Å². The molecule has 0 fully saturated rings. The van der Waals surface area contributed by atoms with E-state index in [0.717, 1.165) is 13.1 Å². The van der Waals surface area contributed by atoms with Gasteiger partial charge >= 0.3 is 0 Å². The van der Waals surface area contributed by atoms with Crippen molar-refractivity contribution < 1.29 is 0 Å². The molecule has 0 aliphatic carbocycles. The molecule has 0 amide bonds. The second-order valence-electron chi connectivity index (χ2n) is 4.49. The maximum atomic E-state index is 3.36. The van der Waals surface area contributed by atoms with Crippen LogP contribution in [0.2, 0.25) is 0 Å². The summed E-state index contributed by atoms with van der Waals surface area (Å²) in [6, 6.07) is 15.4. The van der Waals surface area contributed by atoms with Crippen molar-refractivity contribution in [2.24, 2.45) is 0 Å². The van der Waals surface area contributed by atoms with E-state index in [0.29, 0.717) is 0 Å². The van der Waals surface area contributed by atoms with E-state index in [4.69, 9.17) is 0 Å². The van der Waals surface area contributed by atoms with Crippen LogP contribution in [0.15, 0.2) is 42.5 Å². The Balaban J connectivity index is 1.90. The highest BCUT2D eigenvalue weighted by molar-refractivity contribution is 5.82. The Morgan fingerprint density at radius 2 is 1.76 bits per heavy atom. The molecule has 1 nitrogen and oxygen atoms in total. The largest absolute Gasteiger partial charge is 0.317 e. The van der Waals surface area contributed by atoms with Crippen LogP contribution < -0.4 is 5.32 Å². The lowest BCUT2D eigenvalue weighted by Gasteiger charge is -2.04. The first-order chi connectivity index (χ1) is 8.40. The van der Waals surface area contributed by atoms with Crippen molar-refractivity contribution in [2.45, 2.75) is 26.2 Å². The van der Waals surface area contributed by atoms with Gasteiger partial charge in [-0.2, -0.15) is 0 Å². The summed E-state index contributed by atoms with van der Waals surface area (Å²) in [5.74, 6) is 0. The fraction of sp³-hybridized carbons (Fsp3) is 0.375. The van der Waals surface area contributed by atoms with Crippen molar-refractivity contribution in [2.75, 3.05) is 13.1 Å². The highest BCUT2D eigenvalue weighted by Gasteiger charge is 1.96. The SMILES string of the molecule is CCNCCCCc1ccc2ccccc2c1. The number of rotatable bonds is 6. The number of fused-ring (bicyclic) bond motifs is 1. The van der Waals surface area contributed by atoms with Gasteiger partial charge in [0.25, 0.3) is 0 Å². The van der Waals surface area contributed by atoms with Crippen molar-refractivity contribution in [1.29, 1.82) is 0 Å². The van der Waals surface area contributed by atoms with E-state index in [9.17, 15) is 0 Å². The predicted molar refractivity (Wildman–Crippen MR) is 75.4 cm³/mol. The molecule has 0 aromatic heterocycles. The monoisotopic (exact) mass is 227 g/mol. The van der Waals surface area contributed by atoms with E-state index in [1.807, 2.05) is 0 Å². The number of benzene rings is 2. The molecular formula is C16H21N. The van der Waals surface area contributed by atoms with Gasteiger partial charge in [0.15, 0.2) is 0 Å². The molecule has 0 spiro atoms. The van der Waals surface area contributed by atoms with E-state index in [1.165, 1.54) is 35.6 Å². The van der Waals surface area contributed by atoms with E-state index < -0.39 is 0 Å². The van der Waals surface area contributed by atoms with Gasteiger partial charge in [0.05, 0.1) is 0 Å². The van der Waals surface area contributed by atoms with E-state index >= 15 is 0 Å². The Morgan fingerprint density at radius 1 is 0.941 bits per heavy atom. The third kappa shape index (κ3) is 3.57. The van der Waals surface area contributed by atoms with Gasteiger partial charge in [0.2, 0.25) is 0 Å². The summed E-state index contributed by atoms with van der Waals surface area (Å²) in [6.07, 6.45) is 3.72. The summed E-state index contributed by atoms with van der Waals surface area (Å²) >= 11 is 0. The lowest BCUT2D eigenvalue weighted by Crippen LogP contribution is -2.13. The van der Waals surface area contributed by atoms with Gasteiger partial charge in [0, 0.05) is 0 Å². The first-order valence-corrected chi connectivity index (χ1v) is 6.58. The molecule has 0 aliphatic rings. The first kappa shape index (κ1) is 12.1. The molecular weight excluding hydrogens is 206 g/mol. The molecule has 0 unspecified atom stereocenters. The molecule has 0 aliphatic heterocycles. The van der Waals surface area contributed by atoms with Gasteiger partial charge in [-0.3, -0.25) is 0 Å². The maximum absolute atomic E-state index is 3.36. The van der Waals surface area contributed by atoms with Crippen LogP contribution in [0, 0.1) is 0 Å². The summed E-state index contributed by atoms with van der Waals surface area (Å²) in [4.78, 5) is 0. The molecule has 2 aromatic carbocycles. The number of nitrogens with one attached hydrogen (secondary N) is 1. The minimum absolute atomic E-state index is 1.08. The Hall–Kier alpha value is -1.34. The van der Waals surface area contributed by atoms with Gasteiger partial charge in [-0.05, 0) is 48.7 Å². The van der Waals surface area contributed by atoms with Crippen molar-refractivity contribution in [3.63, 3.8) is 0 Å². The van der Waals surface area contributed by atoms with Crippen LogP contribution in [0.5, 0.6) is 0 Å². The summed E-state index contributed by atoms with van der Waals surface area (Å²) in [5, 5.41) is 6.06. The Kier molecular flexibility index (Phi) is 4.57. The third-order valence-corrected chi connectivity index (χ3v) is 3.13. The van der Waals surface area contributed by atoms with Gasteiger partial charge in [-0.15, -0.1) is 0 Å². The first-order valence-electron chi connectivity index (χ1n) is 6.58. The molecule has 0 heterocycles. The Labute approximate surface area is 104 Å². The molecule has 1 N–H and O–H groups in total. The smallest absolute Gasteiger partial charge is 0.00489 e. The van der Waals surface area contributed by atoms with Crippen LogP contribution in [-0.2, 0) is 6.42 Å². The molecule has 2 aromatic rings. The standard InChI is InChI=1S/C16H21N/c1-2-17-12-6-5-7-14-10-11-15-8-3-4-9-16(15)13-14/h3-4,8-11,13,17H,2,5-7,12H2,1H3. The summed E-state index contributed by atoms with van der Waals surface area (Å²) in [5.41, 5.74) is 1.46. The quantitative estimate of drug-likeness (QED) is 0.741. The lowest BCUT2D eigenvalue weighted by atomic mass is 10.0. The van der Waals surface area contributed by atoms with Gasteiger partial charge in [-0.1, -0.05) is 49.4 Å². The van der Waals surface area contributed by atoms with Crippen molar-refractivity contribution >= 4 is 10.8 Å². The molecule has 17 heavy (non-hydrogen) atoms. The zero-order chi connectivity index (χ0) is 11.9. The van der Waals surface area contributed by atoms with Gasteiger partial charge in [-0.25, -0.2) is 0 Å². The minimum atomic E-state index is 1.08. The molecule has 0 bridgehead atoms. The number of aryl methyl sites for hydroxylation is 1. The minimum Gasteiger partial charge on any atom is -0.317 e. The second kappa shape index (κ2) is 6.41. The average molecular weight is 227 g/mol. The van der Waals surface area contributed by atoms with E-state index in [1.54, 1.807) is 0 Å². The van der Waals surface area contributed by atoms with Crippen LogP contribution in [0.4, 0.5) is 0 Å². The predicted octanol–water partition coefficient (Wildman–Crippen LogP) is 3.77. The van der Waals surface area contributed by atoms with Crippen molar-refractivity contribution in [3.8, 4) is 0 Å². The molecule has 0 saturated heterocycles. The summed E-state index contributed by atoms with van der Waals surface area (Å²) in [6.45, 7) is 4.38. The van der Waals surface area contributed by atoms with Gasteiger partial charge in [0.1, 0.15) is 0 Å². The third-order valence-electron chi connectivity index (χ3n) is 3.13. The van der Waals surface area contributed by atoms with Gasteiger partial charge < -0.3 is 5.32 Å². The highest BCUT2D eigenvalue weighted by Crippen LogP contribution is 2.16. The average Bonchev–Trinajstić information content (AvgIpc) is 2.38. The second-order valence-corrected chi connectivity index (χ2v) is 4.49. The Morgan fingerprint density at radius 3 is 2.59 bits per heavy atom. The number of hydrogen-bond donors (Lipinski definition) is 1. The number of hydrogen-bond acceptors (Lipinski definition) is 1. The van der Waals surface area contributed by atoms with Crippen LogP contribution in [0.25, 0.3) is 10.8 Å². The van der Waals surface area contributed by atoms with Crippen LogP contribution >= 0.6 is 0 Å². The van der Waals surface area contributed by atoms with E-state index in [2.05, 4.69) is 54.7 Å². The number of unbranched alkanes of at least 4 members (excludes halogenated alkanes) is 1. The molecule has 0 atom stereocenters. The van der Waals surface area contributed by atoms with E-state index in [-0.39, 0.29) is 0 Å². The van der Waals surface area contributed by atoms with Crippen LogP contribution in [0.1, 0.15) is 25.3 Å². The zero-order valence-electron chi connectivity index (χ0n) is 10.6. The lowest BCUT2D eigenvalue weighted by molar-refractivity contribution is 0.641. The molecule has 90 valence electrons. The summed E-state index contributed by atoms with van der Waals surface area (Å²) < 4.78 is 0. The molecule has 0 radical (unpaired) electrons. The van der Waals surface area contributed by atoms with Crippen molar-refractivity contribution in [3.05, 3.63) is 48.0 Å². The van der Waals surface area contributed by atoms with Crippen LogP contribution in [-0.4, -0.2) is 13.1 Å². The Bertz CT molecular complexity index is 462. The maximum Gasteiger partial charge on any atom is -0.00489 e. The topological polar surface area (TPSA) is 12.0 Å². The summed E-state index contributed by atoms with van der Waals surface area (Å²) in [7, 11) is 0. The highest BCUT2D eigenvalue weighted by atomic mass is 14.8. The molecule has 0 saturated carbocycles. The normalized spacial score (nSPS) is 10.9. The fourth-order valence-corrected chi connectivity index (χ4v) is 2.15.